The second-order valence-electron chi connectivity index (χ2n) is 7.72. The van der Waals surface area contributed by atoms with Crippen LogP contribution in [0, 0.1) is 32.1 Å². The Morgan fingerprint density at radius 2 is 1.69 bits per heavy atom. The number of anilines is 2. The molecule has 29 heavy (non-hydrogen) atoms. The molecule has 5 nitrogen and oxygen atoms in total. The molecule has 0 N–H and O–H groups in total. The lowest BCUT2D eigenvalue weighted by Gasteiger charge is -2.37. The van der Waals surface area contributed by atoms with E-state index in [9.17, 15) is 4.79 Å². The number of piperazine rings is 1. The van der Waals surface area contributed by atoms with Crippen LogP contribution in [0.1, 0.15) is 23.1 Å². The van der Waals surface area contributed by atoms with Crippen LogP contribution in [0.5, 0.6) is 0 Å². The summed E-state index contributed by atoms with van der Waals surface area (Å²) in [6.45, 7) is 10.6. The zero-order chi connectivity index (χ0) is 20.8. The first-order chi connectivity index (χ1) is 14.0. The van der Waals surface area contributed by atoms with Crippen molar-refractivity contribution in [2.24, 2.45) is 0 Å². The van der Waals surface area contributed by atoms with Gasteiger partial charge >= 0.3 is 0 Å². The fourth-order valence-electron chi connectivity index (χ4n) is 3.91. The van der Waals surface area contributed by atoms with Crippen LogP contribution < -0.4 is 9.80 Å². The summed E-state index contributed by atoms with van der Waals surface area (Å²) in [5.74, 6) is 0.0679. The van der Waals surface area contributed by atoms with Gasteiger partial charge in [0.15, 0.2) is 0 Å². The van der Waals surface area contributed by atoms with Gasteiger partial charge in [-0.1, -0.05) is 30.3 Å². The van der Waals surface area contributed by atoms with Crippen LogP contribution in [0.3, 0.4) is 0 Å². The van der Waals surface area contributed by atoms with Gasteiger partial charge < -0.3 is 9.80 Å². The first-order valence-electron chi connectivity index (χ1n) is 10.3. The van der Waals surface area contributed by atoms with Crippen LogP contribution in [-0.4, -0.2) is 50.1 Å². The summed E-state index contributed by atoms with van der Waals surface area (Å²) in [4.78, 5) is 19.6. The Bertz CT molecular complexity index is 894. The Morgan fingerprint density at radius 1 is 1.00 bits per heavy atom. The topological polar surface area (TPSA) is 50.6 Å². The predicted octanol–water partition coefficient (Wildman–Crippen LogP) is 3.68. The number of benzene rings is 2. The number of hydrogen-bond donors (Lipinski definition) is 0. The van der Waals surface area contributed by atoms with E-state index in [0.29, 0.717) is 19.5 Å². The molecule has 0 spiro atoms. The lowest BCUT2D eigenvalue weighted by Crippen LogP contribution is -2.50. The molecule has 1 fully saturated rings. The van der Waals surface area contributed by atoms with Crippen LogP contribution in [0.25, 0.3) is 0 Å². The Hall–Kier alpha value is -2.84. The van der Waals surface area contributed by atoms with Gasteiger partial charge in [-0.3, -0.25) is 9.69 Å². The van der Waals surface area contributed by atoms with E-state index in [4.69, 9.17) is 5.26 Å². The van der Waals surface area contributed by atoms with E-state index in [1.807, 2.05) is 19.1 Å². The predicted molar refractivity (Wildman–Crippen MR) is 118 cm³/mol. The number of hydrogen-bond acceptors (Lipinski definition) is 4. The normalized spacial score (nSPS) is 14.5. The Balaban J connectivity index is 1.65. The lowest BCUT2D eigenvalue weighted by atomic mass is 10.1. The summed E-state index contributed by atoms with van der Waals surface area (Å²) in [7, 11) is 0. The van der Waals surface area contributed by atoms with Crippen LogP contribution in [0.2, 0.25) is 0 Å². The molecule has 5 heteroatoms. The zero-order valence-corrected chi connectivity index (χ0v) is 17.7. The maximum atomic E-state index is 13.1. The summed E-state index contributed by atoms with van der Waals surface area (Å²) < 4.78 is 0. The molecule has 2 aromatic carbocycles. The van der Waals surface area contributed by atoms with Crippen molar-refractivity contribution < 1.29 is 4.79 Å². The number of carbonyl (C=O) groups is 1. The van der Waals surface area contributed by atoms with Gasteiger partial charge in [0.2, 0.25) is 5.91 Å². The molecule has 0 aliphatic carbocycles. The minimum absolute atomic E-state index is 0.0679. The molecule has 152 valence electrons. The minimum Gasteiger partial charge on any atom is -0.369 e. The molecule has 0 aromatic heterocycles. The van der Waals surface area contributed by atoms with Gasteiger partial charge in [0, 0.05) is 44.1 Å². The molecule has 1 heterocycles. The lowest BCUT2D eigenvalue weighted by molar-refractivity contribution is -0.119. The van der Waals surface area contributed by atoms with Gasteiger partial charge in [0.05, 0.1) is 19.0 Å². The van der Waals surface area contributed by atoms with Crippen LogP contribution in [-0.2, 0) is 4.79 Å². The van der Waals surface area contributed by atoms with Crippen LogP contribution in [0.4, 0.5) is 11.4 Å². The van der Waals surface area contributed by atoms with E-state index in [0.717, 1.165) is 43.0 Å². The monoisotopic (exact) mass is 390 g/mol. The molecule has 0 bridgehead atoms. The zero-order valence-electron chi connectivity index (χ0n) is 17.7. The first-order valence-corrected chi connectivity index (χ1v) is 10.3. The number of nitriles is 1. The third-order valence-electron chi connectivity index (χ3n) is 5.80. The summed E-state index contributed by atoms with van der Waals surface area (Å²) in [5.41, 5.74) is 5.75. The largest absolute Gasteiger partial charge is 0.369 e. The van der Waals surface area contributed by atoms with Crippen molar-refractivity contribution in [1.29, 1.82) is 5.26 Å². The molecule has 0 saturated carbocycles. The van der Waals surface area contributed by atoms with Gasteiger partial charge in [-0.05, 0) is 49.6 Å². The maximum Gasteiger partial charge on any atom is 0.241 e. The maximum absolute atomic E-state index is 13.1. The molecular formula is C24H30N4O. The quantitative estimate of drug-likeness (QED) is 0.755. The highest BCUT2D eigenvalue weighted by Gasteiger charge is 2.24. The van der Waals surface area contributed by atoms with Crippen molar-refractivity contribution >= 4 is 17.3 Å². The van der Waals surface area contributed by atoms with Crippen molar-refractivity contribution in [2.75, 3.05) is 49.1 Å². The Kier molecular flexibility index (Phi) is 6.90. The number of carbonyl (C=O) groups excluding carboxylic acids is 1. The molecule has 0 unspecified atom stereocenters. The Morgan fingerprint density at radius 3 is 2.38 bits per heavy atom. The molecule has 1 amide bonds. The summed E-state index contributed by atoms with van der Waals surface area (Å²) in [6.07, 6.45) is 0.334. The Labute approximate surface area is 174 Å². The standard InChI is InChI=1S/C24H30N4O/c1-19-9-6-11-23(21(19)3)28(13-7-12-25)24(29)18-26-14-16-27(17-15-26)22-10-5-4-8-20(22)2/h4-6,8-11H,7,13-18H2,1-3H3. The molecule has 1 aliphatic rings. The van der Waals surface area contributed by atoms with Gasteiger partial charge in [0.1, 0.15) is 0 Å². The molecule has 0 atom stereocenters. The summed E-state index contributed by atoms with van der Waals surface area (Å²) in [5, 5.41) is 9.05. The van der Waals surface area contributed by atoms with E-state index in [2.05, 4.69) is 60.0 Å². The third-order valence-corrected chi connectivity index (χ3v) is 5.80. The number of aryl methyl sites for hydroxylation is 2. The average molecular weight is 391 g/mol. The van der Waals surface area contributed by atoms with E-state index in [-0.39, 0.29) is 5.91 Å². The van der Waals surface area contributed by atoms with Crippen molar-refractivity contribution in [3.8, 4) is 6.07 Å². The van der Waals surface area contributed by atoms with Crippen molar-refractivity contribution in [3.63, 3.8) is 0 Å². The van der Waals surface area contributed by atoms with E-state index in [1.54, 1.807) is 4.90 Å². The van der Waals surface area contributed by atoms with Crippen molar-refractivity contribution in [1.82, 2.24) is 4.90 Å². The average Bonchev–Trinajstić information content (AvgIpc) is 2.72. The van der Waals surface area contributed by atoms with Crippen molar-refractivity contribution in [3.05, 3.63) is 59.2 Å². The van der Waals surface area contributed by atoms with E-state index in [1.165, 1.54) is 11.3 Å². The SMILES string of the molecule is Cc1ccccc1N1CCN(CC(=O)N(CCC#N)c2cccc(C)c2C)CC1. The van der Waals surface area contributed by atoms with E-state index >= 15 is 0 Å². The van der Waals surface area contributed by atoms with Gasteiger partial charge in [-0.25, -0.2) is 0 Å². The molecular weight excluding hydrogens is 360 g/mol. The number of rotatable bonds is 6. The van der Waals surface area contributed by atoms with Crippen molar-refractivity contribution in [2.45, 2.75) is 27.2 Å². The van der Waals surface area contributed by atoms with Gasteiger partial charge in [0.25, 0.3) is 0 Å². The number of nitrogens with zero attached hydrogens (tertiary/aromatic N) is 4. The fraction of sp³-hybridized carbons (Fsp3) is 0.417. The second kappa shape index (κ2) is 9.58. The summed E-state index contributed by atoms with van der Waals surface area (Å²) >= 11 is 0. The first kappa shape index (κ1) is 20.9. The highest BCUT2D eigenvalue weighted by atomic mass is 16.2. The molecule has 1 aliphatic heterocycles. The van der Waals surface area contributed by atoms with Gasteiger partial charge in [-0.2, -0.15) is 5.26 Å². The fourth-order valence-corrected chi connectivity index (χ4v) is 3.91. The highest BCUT2D eigenvalue weighted by Crippen LogP contribution is 2.24. The minimum atomic E-state index is 0.0679. The number of amides is 1. The third kappa shape index (κ3) is 4.96. The molecule has 1 saturated heterocycles. The summed E-state index contributed by atoms with van der Waals surface area (Å²) in [6, 6.07) is 16.6. The highest BCUT2D eigenvalue weighted by molar-refractivity contribution is 5.95. The second-order valence-corrected chi connectivity index (χ2v) is 7.72. The van der Waals surface area contributed by atoms with Crippen LogP contribution in [0.15, 0.2) is 42.5 Å². The molecule has 0 radical (unpaired) electrons. The van der Waals surface area contributed by atoms with Crippen LogP contribution >= 0.6 is 0 Å². The number of para-hydroxylation sites is 1. The molecule has 3 rings (SSSR count). The van der Waals surface area contributed by atoms with E-state index < -0.39 is 0 Å². The molecule has 2 aromatic rings. The smallest absolute Gasteiger partial charge is 0.241 e. The van der Waals surface area contributed by atoms with Gasteiger partial charge in [-0.15, -0.1) is 0 Å².